The molecule has 1 aromatic heterocycles. The summed E-state index contributed by atoms with van der Waals surface area (Å²) in [7, 11) is 5.26. The highest BCUT2D eigenvalue weighted by molar-refractivity contribution is 5.80. The van der Waals surface area contributed by atoms with E-state index in [-0.39, 0.29) is 0 Å². The maximum atomic E-state index is 5.40. The quantitative estimate of drug-likeness (QED) is 0.558. The third-order valence-corrected chi connectivity index (χ3v) is 4.75. The first-order chi connectivity index (χ1) is 13.6. The SMILES string of the molecule is CCNC(=NCc1cnn(C)c1)NC1CCN(c2cc(OC)cc(OC)c2)C1. The van der Waals surface area contributed by atoms with Gasteiger partial charge in [-0.05, 0) is 13.3 Å². The molecule has 1 unspecified atom stereocenters. The zero-order valence-corrected chi connectivity index (χ0v) is 17.1. The van der Waals surface area contributed by atoms with Crippen LogP contribution in [0, 0.1) is 0 Å². The summed E-state index contributed by atoms with van der Waals surface area (Å²) < 4.78 is 12.6. The molecule has 0 bridgehead atoms. The van der Waals surface area contributed by atoms with Gasteiger partial charge in [0.1, 0.15) is 11.5 Å². The molecule has 1 atom stereocenters. The molecular weight excluding hydrogens is 356 g/mol. The van der Waals surface area contributed by atoms with Gasteiger partial charge in [-0.25, -0.2) is 4.99 Å². The average Bonchev–Trinajstić information content (AvgIpc) is 3.34. The predicted octanol–water partition coefficient (Wildman–Crippen LogP) is 1.77. The summed E-state index contributed by atoms with van der Waals surface area (Å²) >= 11 is 0. The Balaban J connectivity index is 1.63. The van der Waals surface area contributed by atoms with Crippen molar-refractivity contribution in [1.29, 1.82) is 0 Å². The normalized spacial score (nSPS) is 16.9. The lowest BCUT2D eigenvalue weighted by Crippen LogP contribution is -2.44. The number of aryl methyl sites for hydroxylation is 1. The molecular formula is C20H30N6O2. The van der Waals surface area contributed by atoms with E-state index in [4.69, 9.17) is 14.5 Å². The second-order valence-corrected chi connectivity index (χ2v) is 6.86. The highest BCUT2D eigenvalue weighted by atomic mass is 16.5. The summed E-state index contributed by atoms with van der Waals surface area (Å²) in [6.07, 6.45) is 4.87. The first kappa shape index (κ1) is 19.9. The van der Waals surface area contributed by atoms with Gasteiger partial charge in [0, 0.05) is 68.4 Å². The van der Waals surface area contributed by atoms with E-state index in [1.165, 1.54) is 0 Å². The molecule has 2 aromatic rings. The number of nitrogens with zero attached hydrogens (tertiary/aromatic N) is 4. The van der Waals surface area contributed by atoms with Crippen molar-refractivity contribution in [1.82, 2.24) is 20.4 Å². The van der Waals surface area contributed by atoms with Gasteiger partial charge in [-0.15, -0.1) is 0 Å². The van der Waals surface area contributed by atoms with E-state index < -0.39 is 0 Å². The van der Waals surface area contributed by atoms with E-state index in [1.807, 2.05) is 37.6 Å². The van der Waals surface area contributed by atoms with Crippen molar-refractivity contribution in [3.8, 4) is 11.5 Å². The van der Waals surface area contributed by atoms with Gasteiger partial charge in [0.2, 0.25) is 0 Å². The van der Waals surface area contributed by atoms with Crippen molar-refractivity contribution < 1.29 is 9.47 Å². The van der Waals surface area contributed by atoms with Crippen LogP contribution in [-0.2, 0) is 13.6 Å². The zero-order chi connectivity index (χ0) is 19.9. The summed E-state index contributed by atoms with van der Waals surface area (Å²) in [5.41, 5.74) is 2.20. The summed E-state index contributed by atoms with van der Waals surface area (Å²) in [6.45, 7) is 5.36. The lowest BCUT2D eigenvalue weighted by atomic mass is 10.2. The minimum absolute atomic E-state index is 0.323. The largest absolute Gasteiger partial charge is 0.497 e. The molecule has 1 aliphatic rings. The van der Waals surface area contributed by atoms with Crippen LogP contribution in [-0.4, -0.2) is 55.6 Å². The van der Waals surface area contributed by atoms with Crippen molar-refractivity contribution in [2.45, 2.75) is 25.9 Å². The van der Waals surface area contributed by atoms with Crippen LogP contribution >= 0.6 is 0 Å². The molecule has 0 saturated carbocycles. The second kappa shape index (κ2) is 9.34. The van der Waals surface area contributed by atoms with Crippen molar-refractivity contribution in [3.05, 3.63) is 36.2 Å². The fraction of sp³-hybridized carbons (Fsp3) is 0.500. The molecule has 0 radical (unpaired) electrons. The minimum atomic E-state index is 0.323. The van der Waals surface area contributed by atoms with Crippen LogP contribution in [0.25, 0.3) is 0 Å². The Bertz CT molecular complexity index is 781. The fourth-order valence-corrected chi connectivity index (χ4v) is 3.32. The zero-order valence-electron chi connectivity index (χ0n) is 17.1. The average molecular weight is 387 g/mol. The van der Waals surface area contributed by atoms with Gasteiger partial charge in [0.05, 0.1) is 27.0 Å². The van der Waals surface area contributed by atoms with Crippen LogP contribution in [0.3, 0.4) is 0 Å². The molecule has 1 saturated heterocycles. The van der Waals surface area contributed by atoms with Gasteiger partial charge < -0.3 is 25.0 Å². The highest BCUT2D eigenvalue weighted by Crippen LogP contribution is 2.30. The van der Waals surface area contributed by atoms with Gasteiger partial charge in [-0.3, -0.25) is 4.68 Å². The van der Waals surface area contributed by atoms with Crippen LogP contribution in [0.5, 0.6) is 11.5 Å². The standard InChI is InChI=1S/C20H30N6O2/c1-5-21-20(22-11-15-12-23-25(2)13-15)24-16-6-7-26(14-16)17-8-18(27-3)10-19(9-17)28-4/h8-10,12-13,16H,5-7,11,14H2,1-4H3,(H2,21,22,24). The van der Waals surface area contributed by atoms with E-state index >= 15 is 0 Å². The number of ether oxygens (including phenoxy) is 2. The molecule has 2 N–H and O–H groups in total. The summed E-state index contributed by atoms with van der Waals surface area (Å²) in [4.78, 5) is 7.04. The topological polar surface area (TPSA) is 75.9 Å². The fourth-order valence-electron chi connectivity index (χ4n) is 3.32. The summed E-state index contributed by atoms with van der Waals surface area (Å²) in [5, 5.41) is 11.1. The molecule has 0 amide bonds. The maximum Gasteiger partial charge on any atom is 0.191 e. The van der Waals surface area contributed by atoms with Crippen LogP contribution < -0.4 is 25.0 Å². The first-order valence-corrected chi connectivity index (χ1v) is 9.61. The van der Waals surface area contributed by atoms with Gasteiger partial charge >= 0.3 is 0 Å². The number of guanidine groups is 1. The maximum absolute atomic E-state index is 5.40. The third kappa shape index (κ3) is 5.09. The van der Waals surface area contributed by atoms with Crippen molar-refractivity contribution in [3.63, 3.8) is 0 Å². The number of hydrogen-bond donors (Lipinski definition) is 2. The lowest BCUT2D eigenvalue weighted by Gasteiger charge is -2.21. The molecule has 0 aliphatic carbocycles. The highest BCUT2D eigenvalue weighted by Gasteiger charge is 2.24. The molecule has 28 heavy (non-hydrogen) atoms. The Morgan fingerprint density at radius 1 is 1.25 bits per heavy atom. The smallest absolute Gasteiger partial charge is 0.191 e. The van der Waals surface area contributed by atoms with E-state index in [2.05, 4.69) is 27.6 Å². The van der Waals surface area contributed by atoms with Crippen LogP contribution in [0.4, 0.5) is 5.69 Å². The number of rotatable bonds is 7. The lowest BCUT2D eigenvalue weighted by molar-refractivity contribution is 0.394. The Labute approximate surface area is 166 Å². The molecule has 0 spiro atoms. The van der Waals surface area contributed by atoms with E-state index in [9.17, 15) is 0 Å². The monoisotopic (exact) mass is 386 g/mol. The molecule has 1 aromatic carbocycles. The van der Waals surface area contributed by atoms with Gasteiger partial charge in [0.15, 0.2) is 5.96 Å². The van der Waals surface area contributed by atoms with Crippen molar-refractivity contribution in [2.75, 3.05) is 38.8 Å². The molecule has 8 heteroatoms. The minimum Gasteiger partial charge on any atom is -0.497 e. The first-order valence-electron chi connectivity index (χ1n) is 9.61. The summed E-state index contributed by atoms with van der Waals surface area (Å²) in [5.74, 6) is 2.44. The van der Waals surface area contributed by atoms with E-state index in [0.29, 0.717) is 12.6 Å². The Morgan fingerprint density at radius 2 is 2.00 bits per heavy atom. The molecule has 8 nitrogen and oxygen atoms in total. The molecule has 1 aliphatic heterocycles. The van der Waals surface area contributed by atoms with E-state index in [0.717, 1.165) is 54.8 Å². The third-order valence-electron chi connectivity index (χ3n) is 4.75. The van der Waals surface area contributed by atoms with Gasteiger partial charge in [0.25, 0.3) is 0 Å². The number of hydrogen-bond acceptors (Lipinski definition) is 5. The number of anilines is 1. The number of benzene rings is 1. The van der Waals surface area contributed by atoms with Gasteiger partial charge in [-0.1, -0.05) is 0 Å². The number of nitrogens with one attached hydrogen (secondary N) is 2. The number of methoxy groups -OCH3 is 2. The van der Waals surface area contributed by atoms with Crippen LogP contribution in [0.15, 0.2) is 35.6 Å². The molecule has 2 heterocycles. The molecule has 1 fully saturated rings. The molecule has 152 valence electrons. The van der Waals surface area contributed by atoms with Crippen molar-refractivity contribution >= 4 is 11.6 Å². The molecule has 3 rings (SSSR count). The number of aliphatic imine (C=N–C) groups is 1. The Morgan fingerprint density at radius 3 is 2.61 bits per heavy atom. The number of aromatic nitrogens is 2. The van der Waals surface area contributed by atoms with Gasteiger partial charge in [-0.2, -0.15) is 5.10 Å². The predicted molar refractivity (Wildman–Crippen MR) is 111 cm³/mol. The van der Waals surface area contributed by atoms with Crippen LogP contribution in [0.2, 0.25) is 0 Å². The summed E-state index contributed by atoms with van der Waals surface area (Å²) in [6, 6.07) is 6.31. The Kier molecular flexibility index (Phi) is 6.62. The van der Waals surface area contributed by atoms with Crippen molar-refractivity contribution in [2.24, 2.45) is 12.0 Å². The Hall–Kier alpha value is -2.90. The van der Waals surface area contributed by atoms with Crippen LogP contribution in [0.1, 0.15) is 18.9 Å². The second-order valence-electron chi connectivity index (χ2n) is 6.86. The van der Waals surface area contributed by atoms with E-state index in [1.54, 1.807) is 18.9 Å².